The van der Waals surface area contributed by atoms with Crippen molar-refractivity contribution in [3.8, 4) is 5.75 Å². The highest BCUT2D eigenvalue weighted by Gasteiger charge is 2.15. The van der Waals surface area contributed by atoms with Crippen LogP contribution in [0.5, 0.6) is 5.75 Å². The summed E-state index contributed by atoms with van der Waals surface area (Å²) in [6.07, 6.45) is 3.26. The van der Waals surface area contributed by atoms with Crippen LogP contribution in [-0.2, 0) is 17.8 Å². The molecule has 34 heavy (non-hydrogen) atoms. The van der Waals surface area contributed by atoms with Gasteiger partial charge in [-0.15, -0.1) is 16.8 Å². The number of allylic oxidation sites excluding steroid dienone is 1. The third-order valence-corrected chi connectivity index (χ3v) is 6.90. The Bertz CT molecular complexity index is 1160. The monoisotopic (exact) mass is 562 g/mol. The Hall–Kier alpha value is -2.29. The number of amides is 1. The van der Waals surface area contributed by atoms with Gasteiger partial charge in [-0.3, -0.25) is 4.79 Å². The van der Waals surface area contributed by atoms with E-state index in [1.165, 1.54) is 17.3 Å². The molecule has 0 aliphatic carbocycles. The second kappa shape index (κ2) is 12.4. The fourth-order valence-electron chi connectivity index (χ4n) is 3.61. The zero-order valence-corrected chi connectivity index (χ0v) is 22.7. The minimum absolute atomic E-state index is 0.0725. The van der Waals surface area contributed by atoms with Crippen LogP contribution in [0.4, 0.5) is 5.69 Å². The van der Waals surface area contributed by atoms with E-state index in [0.29, 0.717) is 29.8 Å². The number of thioether (sulfide) groups is 1. The average molecular weight is 564 g/mol. The number of aromatic nitrogens is 3. The van der Waals surface area contributed by atoms with Crippen LogP contribution in [-0.4, -0.2) is 33.0 Å². The van der Waals surface area contributed by atoms with Gasteiger partial charge in [-0.25, -0.2) is 0 Å². The van der Waals surface area contributed by atoms with Crippen LogP contribution in [0, 0.1) is 20.8 Å². The fraction of sp³-hybridized carbons (Fsp3) is 0.320. The van der Waals surface area contributed by atoms with Gasteiger partial charge in [-0.1, -0.05) is 47.1 Å². The normalized spacial score (nSPS) is 10.9. The fourth-order valence-corrected chi connectivity index (χ4v) is 5.17. The molecule has 3 rings (SSSR count). The Labute approximate surface area is 218 Å². The maximum Gasteiger partial charge on any atom is 0.234 e. The summed E-state index contributed by atoms with van der Waals surface area (Å²) in [7, 11) is 0. The van der Waals surface area contributed by atoms with E-state index in [2.05, 4.69) is 50.2 Å². The van der Waals surface area contributed by atoms with E-state index in [1.54, 1.807) is 18.2 Å². The molecule has 0 bridgehead atoms. The Balaban J connectivity index is 1.56. The zero-order valence-electron chi connectivity index (χ0n) is 19.5. The molecule has 0 radical (unpaired) electrons. The van der Waals surface area contributed by atoms with Crippen molar-refractivity contribution in [1.29, 1.82) is 0 Å². The molecule has 1 amide bonds. The van der Waals surface area contributed by atoms with Crippen LogP contribution in [0.2, 0.25) is 5.02 Å². The number of nitrogens with one attached hydrogen (secondary N) is 1. The molecule has 0 saturated carbocycles. The predicted molar refractivity (Wildman–Crippen MR) is 143 cm³/mol. The predicted octanol–water partition coefficient (Wildman–Crippen LogP) is 6.55. The maximum absolute atomic E-state index is 12.6. The number of carbonyl (C=O) groups is 1. The first kappa shape index (κ1) is 26.3. The van der Waals surface area contributed by atoms with Crippen LogP contribution >= 0.6 is 39.3 Å². The van der Waals surface area contributed by atoms with Crippen LogP contribution in [0.25, 0.3) is 0 Å². The number of hydrogen-bond donors (Lipinski definition) is 1. The summed E-state index contributed by atoms with van der Waals surface area (Å²) in [4.78, 5) is 12.6. The molecule has 1 aromatic heterocycles. The van der Waals surface area contributed by atoms with Crippen LogP contribution < -0.4 is 10.1 Å². The lowest BCUT2D eigenvalue weighted by molar-refractivity contribution is -0.113. The minimum atomic E-state index is -0.0725. The summed E-state index contributed by atoms with van der Waals surface area (Å²) in [6.45, 7) is 11.0. The van der Waals surface area contributed by atoms with Gasteiger partial charge >= 0.3 is 0 Å². The summed E-state index contributed by atoms with van der Waals surface area (Å²) < 4.78 is 8.65. The van der Waals surface area contributed by atoms with Gasteiger partial charge in [0.2, 0.25) is 5.91 Å². The maximum atomic E-state index is 12.6. The summed E-state index contributed by atoms with van der Waals surface area (Å²) >= 11 is 10.8. The van der Waals surface area contributed by atoms with Gasteiger partial charge in [0.1, 0.15) is 11.6 Å². The third kappa shape index (κ3) is 7.10. The molecule has 0 fully saturated rings. The topological polar surface area (TPSA) is 69.0 Å². The molecule has 180 valence electrons. The Kier molecular flexibility index (Phi) is 9.62. The van der Waals surface area contributed by atoms with Crippen molar-refractivity contribution in [2.24, 2.45) is 0 Å². The van der Waals surface area contributed by atoms with Gasteiger partial charge in [-0.05, 0) is 72.4 Å². The number of hydrogen-bond acceptors (Lipinski definition) is 5. The molecule has 0 saturated heterocycles. The van der Waals surface area contributed by atoms with Crippen molar-refractivity contribution in [3.05, 3.63) is 75.0 Å². The highest BCUT2D eigenvalue weighted by Crippen LogP contribution is 2.28. The van der Waals surface area contributed by atoms with E-state index in [9.17, 15) is 4.79 Å². The highest BCUT2D eigenvalue weighted by atomic mass is 79.9. The summed E-state index contributed by atoms with van der Waals surface area (Å²) in [5, 5.41) is 13.0. The molecule has 0 unspecified atom stereocenters. The van der Waals surface area contributed by atoms with Crippen molar-refractivity contribution in [3.63, 3.8) is 0 Å². The first-order valence-electron chi connectivity index (χ1n) is 10.9. The van der Waals surface area contributed by atoms with Crippen molar-refractivity contribution < 1.29 is 9.53 Å². The number of carbonyl (C=O) groups excluding carboxylic acids is 1. The first-order valence-corrected chi connectivity index (χ1v) is 13.1. The zero-order chi connectivity index (χ0) is 24.7. The second-order valence-electron chi connectivity index (χ2n) is 7.94. The molecule has 3 aromatic rings. The molecular formula is C25H28BrClN4O2S. The molecule has 9 heteroatoms. The van der Waals surface area contributed by atoms with Crippen LogP contribution in [0.15, 0.2) is 52.6 Å². The van der Waals surface area contributed by atoms with E-state index < -0.39 is 0 Å². The van der Waals surface area contributed by atoms with Crippen molar-refractivity contribution in [1.82, 2.24) is 14.8 Å². The molecule has 0 aliphatic rings. The lowest BCUT2D eigenvalue weighted by Crippen LogP contribution is -2.16. The van der Waals surface area contributed by atoms with Gasteiger partial charge in [-0.2, -0.15) is 0 Å². The molecule has 1 heterocycles. The van der Waals surface area contributed by atoms with Crippen molar-refractivity contribution in [2.75, 3.05) is 17.7 Å². The third-order valence-electron chi connectivity index (χ3n) is 5.08. The van der Waals surface area contributed by atoms with E-state index in [-0.39, 0.29) is 11.7 Å². The number of aryl methyl sites for hydroxylation is 4. The number of rotatable bonds is 11. The lowest BCUT2D eigenvalue weighted by Gasteiger charge is -2.13. The molecule has 2 aromatic carbocycles. The largest absolute Gasteiger partial charge is 0.492 e. The standard InChI is InChI=1S/C25H28BrClN4O2S/c1-5-10-31-22(7-6-11-33-21-9-8-19(27)14-20(21)26)29-30-25(31)34-15-23(32)28-24-17(3)12-16(2)13-18(24)4/h5,8-9,12-14H,1,6-7,10-11,15H2,2-4H3,(H,28,32). The quantitative estimate of drug-likeness (QED) is 0.163. The second-order valence-corrected chi connectivity index (χ2v) is 10.2. The van der Waals surface area contributed by atoms with E-state index in [1.807, 2.05) is 31.4 Å². The molecular weight excluding hydrogens is 536 g/mol. The van der Waals surface area contributed by atoms with Gasteiger partial charge in [0, 0.05) is 23.7 Å². The Morgan fingerprint density at radius 1 is 1.24 bits per heavy atom. The number of halogens is 2. The molecule has 0 spiro atoms. The Morgan fingerprint density at radius 3 is 2.65 bits per heavy atom. The number of nitrogens with zero attached hydrogens (tertiary/aromatic N) is 3. The smallest absolute Gasteiger partial charge is 0.234 e. The van der Waals surface area contributed by atoms with E-state index in [4.69, 9.17) is 16.3 Å². The van der Waals surface area contributed by atoms with Crippen LogP contribution in [0.1, 0.15) is 28.9 Å². The highest BCUT2D eigenvalue weighted by molar-refractivity contribution is 9.10. The number of anilines is 1. The minimum Gasteiger partial charge on any atom is -0.492 e. The lowest BCUT2D eigenvalue weighted by atomic mass is 10.1. The average Bonchev–Trinajstić information content (AvgIpc) is 3.15. The summed E-state index contributed by atoms with van der Waals surface area (Å²) in [5.74, 6) is 1.76. The molecule has 0 aliphatic heterocycles. The molecule has 1 N–H and O–H groups in total. The number of ether oxygens (including phenoxy) is 1. The van der Waals surface area contributed by atoms with Crippen LogP contribution in [0.3, 0.4) is 0 Å². The number of benzene rings is 2. The van der Waals surface area contributed by atoms with Gasteiger partial charge in [0.25, 0.3) is 0 Å². The molecule has 0 atom stereocenters. The Morgan fingerprint density at radius 2 is 1.97 bits per heavy atom. The summed E-state index contributed by atoms with van der Waals surface area (Å²) in [6, 6.07) is 9.57. The summed E-state index contributed by atoms with van der Waals surface area (Å²) in [5.41, 5.74) is 4.16. The van der Waals surface area contributed by atoms with Crippen molar-refractivity contribution >= 4 is 50.9 Å². The van der Waals surface area contributed by atoms with Gasteiger partial charge < -0.3 is 14.6 Å². The van der Waals surface area contributed by atoms with Crippen molar-refractivity contribution in [2.45, 2.75) is 45.3 Å². The van der Waals surface area contributed by atoms with E-state index in [0.717, 1.165) is 39.3 Å². The first-order chi connectivity index (χ1) is 16.3. The molecule has 6 nitrogen and oxygen atoms in total. The van der Waals surface area contributed by atoms with Gasteiger partial charge in [0.05, 0.1) is 16.8 Å². The van der Waals surface area contributed by atoms with Gasteiger partial charge in [0.15, 0.2) is 5.16 Å². The van der Waals surface area contributed by atoms with E-state index >= 15 is 0 Å². The SMILES string of the molecule is C=CCn1c(CCCOc2ccc(Cl)cc2Br)nnc1SCC(=O)Nc1c(C)cc(C)cc1C.